The maximum Gasteiger partial charge on any atom is 0.0609 e. The number of hydrogen-bond acceptors (Lipinski definition) is 3. The van der Waals surface area contributed by atoms with Crippen molar-refractivity contribution in [2.45, 2.75) is 57.9 Å². The van der Waals surface area contributed by atoms with Crippen LogP contribution in [0.25, 0.3) is 0 Å². The van der Waals surface area contributed by atoms with E-state index in [0.717, 1.165) is 13.1 Å². The van der Waals surface area contributed by atoms with Crippen LogP contribution in [-0.4, -0.2) is 49.3 Å². The van der Waals surface area contributed by atoms with Crippen molar-refractivity contribution in [3.8, 4) is 0 Å². The van der Waals surface area contributed by atoms with Crippen LogP contribution in [0.5, 0.6) is 0 Å². The van der Waals surface area contributed by atoms with Gasteiger partial charge in [-0.15, -0.1) is 0 Å². The summed E-state index contributed by atoms with van der Waals surface area (Å²) in [7, 11) is 4.21. The Labute approximate surface area is 113 Å². The first-order valence-electron chi connectivity index (χ1n) is 7.42. The maximum atomic E-state index is 9.51. The second-order valence-electron chi connectivity index (χ2n) is 6.77. The highest BCUT2D eigenvalue weighted by Crippen LogP contribution is 2.36. The van der Waals surface area contributed by atoms with Crippen molar-refractivity contribution in [1.82, 2.24) is 10.2 Å². The van der Waals surface area contributed by atoms with Crippen LogP contribution in [0.4, 0.5) is 0 Å². The highest BCUT2D eigenvalue weighted by molar-refractivity contribution is 4.90. The van der Waals surface area contributed by atoms with Crippen molar-refractivity contribution in [3.63, 3.8) is 0 Å². The van der Waals surface area contributed by atoms with Crippen molar-refractivity contribution < 1.29 is 5.11 Å². The SMILES string of the molecule is CNCC1(CN(C)C(C)(C)CO)CCCCCC1. The predicted molar refractivity (Wildman–Crippen MR) is 77.9 cm³/mol. The van der Waals surface area contributed by atoms with Gasteiger partial charge in [0.15, 0.2) is 0 Å². The van der Waals surface area contributed by atoms with E-state index in [9.17, 15) is 5.11 Å². The molecule has 0 amide bonds. The molecular formula is C15H32N2O. The van der Waals surface area contributed by atoms with Crippen LogP contribution in [0.15, 0.2) is 0 Å². The number of likely N-dealkylation sites (N-methyl/N-ethyl adjacent to an activating group) is 1. The van der Waals surface area contributed by atoms with Crippen molar-refractivity contribution in [2.75, 3.05) is 33.8 Å². The van der Waals surface area contributed by atoms with Gasteiger partial charge in [0, 0.05) is 18.6 Å². The van der Waals surface area contributed by atoms with Gasteiger partial charge in [-0.05, 0) is 46.2 Å². The summed E-state index contributed by atoms with van der Waals surface area (Å²) < 4.78 is 0. The number of aliphatic hydroxyl groups excluding tert-OH is 1. The van der Waals surface area contributed by atoms with E-state index in [4.69, 9.17) is 0 Å². The van der Waals surface area contributed by atoms with Crippen LogP contribution in [-0.2, 0) is 0 Å². The second kappa shape index (κ2) is 6.88. The average molecular weight is 256 g/mol. The molecule has 0 bridgehead atoms. The third kappa shape index (κ3) is 4.22. The fraction of sp³-hybridized carbons (Fsp3) is 1.00. The van der Waals surface area contributed by atoms with Crippen molar-refractivity contribution in [3.05, 3.63) is 0 Å². The summed E-state index contributed by atoms with van der Waals surface area (Å²) >= 11 is 0. The zero-order valence-corrected chi connectivity index (χ0v) is 12.8. The molecule has 108 valence electrons. The van der Waals surface area contributed by atoms with E-state index in [-0.39, 0.29) is 12.1 Å². The summed E-state index contributed by atoms with van der Waals surface area (Å²) in [6.45, 7) is 6.65. The summed E-state index contributed by atoms with van der Waals surface area (Å²) in [6.07, 6.45) is 8.13. The van der Waals surface area contributed by atoms with Crippen LogP contribution in [0, 0.1) is 5.41 Å². The minimum Gasteiger partial charge on any atom is -0.394 e. The van der Waals surface area contributed by atoms with Crippen LogP contribution in [0.2, 0.25) is 0 Å². The van der Waals surface area contributed by atoms with Gasteiger partial charge in [0.05, 0.1) is 6.61 Å². The largest absolute Gasteiger partial charge is 0.394 e. The van der Waals surface area contributed by atoms with Gasteiger partial charge >= 0.3 is 0 Å². The van der Waals surface area contributed by atoms with E-state index in [1.165, 1.54) is 38.5 Å². The molecule has 0 heterocycles. The molecule has 0 atom stereocenters. The van der Waals surface area contributed by atoms with E-state index in [1.807, 2.05) is 0 Å². The Morgan fingerprint density at radius 1 is 1.17 bits per heavy atom. The van der Waals surface area contributed by atoms with E-state index >= 15 is 0 Å². The number of rotatable bonds is 6. The molecule has 0 radical (unpaired) electrons. The lowest BCUT2D eigenvalue weighted by Crippen LogP contribution is -2.51. The summed E-state index contributed by atoms with van der Waals surface area (Å²) in [5.41, 5.74) is 0.277. The molecule has 0 spiro atoms. The summed E-state index contributed by atoms with van der Waals surface area (Å²) in [5.74, 6) is 0. The summed E-state index contributed by atoms with van der Waals surface area (Å²) in [4.78, 5) is 2.34. The van der Waals surface area contributed by atoms with Gasteiger partial charge in [0.25, 0.3) is 0 Å². The molecule has 3 heteroatoms. The molecule has 0 saturated heterocycles. The normalized spacial score (nSPS) is 21.0. The van der Waals surface area contributed by atoms with E-state index in [1.54, 1.807) is 0 Å². The van der Waals surface area contributed by atoms with Gasteiger partial charge in [-0.3, -0.25) is 4.90 Å². The zero-order chi connectivity index (χ0) is 13.6. The third-order valence-corrected chi connectivity index (χ3v) is 4.71. The molecular weight excluding hydrogens is 224 g/mol. The van der Waals surface area contributed by atoms with Crippen LogP contribution in [0.1, 0.15) is 52.4 Å². The van der Waals surface area contributed by atoms with Gasteiger partial charge in [0.2, 0.25) is 0 Å². The molecule has 18 heavy (non-hydrogen) atoms. The molecule has 0 aromatic carbocycles. The first-order chi connectivity index (χ1) is 8.46. The Bertz CT molecular complexity index is 233. The maximum absolute atomic E-state index is 9.51. The van der Waals surface area contributed by atoms with Gasteiger partial charge in [0.1, 0.15) is 0 Å². The van der Waals surface area contributed by atoms with Crippen molar-refractivity contribution in [1.29, 1.82) is 0 Å². The number of hydrogen-bond donors (Lipinski definition) is 2. The Balaban J connectivity index is 2.71. The number of nitrogens with zero attached hydrogens (tertiary/aromatic N) is 1. The minimum absolute atomic E-state index is 0.118. The van der Waals surface area contributed by atoms with E-state index in [2.05, 4.69) is 38.2 Å². The molecule has 0 unspecified atom stereocenters. The molecule has 2 N–H and O–H groups in total. The van der Waals surface area contributed by atoms with Crippen LogP contribution < -0.4 is 5.32 Å². The average Bonchev–Trinajstić information content (AvgIpc) is 2.55. The highest BCUT2D eigenvalue weighted by Gasteiger charge is 2.35. The molecule has 1 aliphatic rings. The smallest absolute Gasteiger partial charge is 0.0609 e. The second-order valence-corrected chi connectivity index (χ2v) is 6.77. The van der Waals surface area contributed by atoms with Crippen LogP contribution in [0.3, 0.4) is 0 Å². The Kier molecular flexibility index (Phi) is 6.09. The van der Waals surface area contributed by atoms with Gasteiger partial charge < -0.3 is 10.4 Å². The molecule has 1 aliphatic carbocycles. The number of nitrogens with one attached hydrogen (secondary N) is 1. The van der Waals surface area contributed by atoms with Crippen molar-refractivity contribution in [2.24, 2.45) is 5.41 Å². The lowest BCUT2D eigenvalue weighted by molar-refractivity contribution is 0.0349. The van der Waals surface area contributed by atoms with Crippen molar-refractivity contribution >= 4 is 0 Å². The zero-order valence-electron chi connectivity index (χ0n) is 12.8. The molecule has 0 aromatic heterocycles. The highest BCUT2D eigenvalue weighted by atomic mass is 16.3. The molecule has 3 nitrogen and oxygen atoms in total. The molecule has 1 rings (SSSR count). The molecule has 1 saturated carbocycles. The first kappa shape index (κ1) is 15.9. The van der Waals surface area contributed by atoms with E-state index in [0.29, 0.717) is 5.41 Å². The summed E-state index contributed by atoms with van der Waals surface area (Å²) in [5, 5.41) is 12.9. The molecule has 1 fully saturated rings. The lowest BCUT2D eigenvalue weighted by atomic mass is 9.79. The first-order valence-corrected chi connectivity index (χ1v) is 7.42. The fourth-order valence-corrected chi connectivity index (χ4v) is 3.08. The topological polar surface area (TPSA) is 35.5 Å². The van der Waals surface area contributed by atoms with Gasteiger partial charge in [-0.2, -0.15) is 0 Å². The monoisotopic (exact) mass is 256 g/mol. The molecule has 0 aromatic rings. The minimum atomic E-state index is -0.118. The lowest BCUT2D eigenvalue weighted by Gasteiger charge is -2.42. The van der Waals surface area contributed by atoms with Crippen LogP contribution >= 0.6 is 0 Å². The Morgan fingerprint density at radius 3 is 2.17 bits per heavy atom. The predicted octanol–water partition coefficient (Wildman–Crippen LogP) is 2.25. The summed E-state index contributed by atoms with van der Waals surface area (Å²) in [6, 6.07) is 0. The Morgan fingerprint density at radius 2 is 1.72 bits per heavy atom. The standard InChI is InChI=1S/C15H32N2O/c1-14(2,13-18)17(4)12-15(11-16-3)9-7-5-6-8-10-15/h16,18H,5-13H2,1-4H3. The van der Waals surface area contributed by atoms with E-state index < -0.39 is 0 Å². The third-order valence-electron chi connectivity index (χ3n) is 4.71. The van der Waals surface area contributed by atoms with Gasteiger partial charge in [-0.25, -0.2) is 0 Å². The quantitative estimate of drug-likeness (QED) is 0.716. The number of aliphatic hydroxyl groups is 1. The van der Waals surface area contributed by atoms with Gasteiger partial charge in [-0.1, -0.05) is 25.7 Å². The fourth-order valence-electron chi connectivity index (χ4n) is 3.08. The Hall–Kier alpha value is -0.120. The molecule has 0 aliphatic heterocycles.